The summed E-state index contributed by atoms with van der Waals surface area (Å²) in [6.07, 6.45) is 3.04. The summed E-state index contributed by atoms with van der Waals surface area (Å²) < 4.78 is 12.9. The summed E-state index contributed by atoms with van der Waals surface area (Å²) in [4.78, 5) is 3.60. The number of nitrogens with zero attached hydrogens (tertiary/aromatic N) is 1. The zero-order chi connectivity index (χ0) is 9.97. The van der Waals surface area contributed by atoms with Gasteiger partial charge in [0.25, 0.3) is 0 Å². The van der Waals surface area contributed by atoms with Crippen molar-refractivity contribution in [3.8, 4) is 0 Å². The quantitative estimate of drug-likeness (QED) is 0.644. The van der Waals surface area contributed by atoms with E-state index in [-0.39, 0.29) is 11.9 Å². The molecule has 0 aliphatic heterocycles. The molecule has 72 valence electrons. The van der Waals surface area contributed by atoms with E-state index in [9.17, 15) is 4.39 Å². The summed E-state index contributed by atoms with van der Waals surface area (Å²) in [7, 11) is 0. The molecule has 0 aromatic heterocycles. The SMILES string of the molecule is [C-]#[N+]C(Cc1cccc(F)c1)C1CC1. The summed E-state index contributed by atoms with van der Waals surface area (Å²) in [5.74, 6) is 0.359. The van der Waals surface area contributed by atoms with Crippen LogP contribution in [0, 0.1) is 18.3 Å². The zero-order valence-corrected chi connectivity index (χ0v) is 7.91. The number of rotatable bonds is 3. The van der Waals surface area contributed by atoms with E-state index in [0.717, 1.165) is 5.56 Å². The van der Waals surface area contributed by atoms with Crippen LogP contribution in [0.1, 0.15) is 18.4 Å². The Bertz CT molecular complexity index is 363. The van der Waals surface area contributed by atoms with Crippen molar-refractivity contribution in [3.63, 3.8) is 0 Å². The summed E-state index contributed by atoms with van der Waals surface area (Å²) >= 11 is 0. The number of hydrogen-bond donors (Lipinski definition) is 0. The largest absolute Gasteiger partial charge is 0.313 e. The zero-order valence-electron chi connectivity index (χ0n) is 7.91. The summed E-state index contributed by atoms with van der Waals surface area (Å²) in [6.45, 7) is 7.06. The molecule has 0 saturated heterocycles. The minimum absolute atomic E-state index is 0.0665. The van der Waals surface area contributed by atoms with Crippen molar-refractivity contribution in [2.24, 2.45) is 5.92 Å². The van der Waals surface area contributed by atoms with Crippen LogP contribution in [-0.4, -0.2) is 6.04 Å². The minimum Gasteiger partial charge on any atom is -0.313 e. The topological polar surface area (TPSA) is 4.36 Å². The molecule has 1 nitrogen and oxygen atoms in total. The van der Waals surface area contributed by atoms with E-state index < -0.39 is 0 Å². The van der Waals surface area contributed by atoms with Crippen molar-refractivity contribution in [1.82, 2.24) is 0 Å². The molecule has 0 radical (unpaired) electrons. The van der Waals surface area contributed by atoms with E-state index >= 15 is 0 Å². The van der Waals surface area contributed by atoms with Crippen molar-refractivity contribution in [3.05, 3.63) is 47.1 Å². The first-order chi connectivity index (χ1) is 6.79. The molecular weight excluding hydrogens is 177 g/mol. The lowest BCUT2D eigenvalue weighted by molar-refractivity contribution is 0.619. The van der Waals surface area contributed by atoms with Gasteiger partial charge in [-0.3, -0.25) is 0 Å². The molecule has 0 N–H and O–H groups in total. The van der Waals surface area contributed by atoms with E-state index in [0.29, 0.717) is 12.3 Å². The van der Waals surface area contributed by atoms with Gasteiger partial charge < -0.3 is 4.85 Å². The Morgan fingerprint density at radius 3 is 2.86 bits per heavy atom. The van der Waals surface area contributed by atoms with Crippen LogP contribution < -0.4 is 0 Å². The predicted molar refractivity (Wildman–Crippen MR) is 53.2 cm³/mol. The smallest absolute Gasteiger partial charge is 0.230 e. The van der Waals surface area contributed by atoms with Crippen LogP contribution in [-0.2, 0) is 6.42 Å². The average Bonchev–Trinajstić information content (AvgIpc) is 2.97. The molecule has 14 heavy (non-hydrogen) atoms. The Kier molecular flexibility index (Phi) is 2.49. The van der Waals surface area contributed by atoms with Crippen LogP contribution in [0.25, 0.3) is 4.85 Å². The van der Waals surface area contributed by atoms with Gasteiger partial charge >= 0.3 is 0 Å². The van der Waals surface area contributed by atoms with Gasteiger partial charge in [0.1, 0.15) is 5.82 Å². The Balaban J connectivity index is 2.05. The fourth-order valence-electron chi connectivity index (χ4n) is 1.70. The number of halogens is 1. The van der Waals surface area contributed by atoms with Crippen LogP contribution in [0.4, 0.5) is 4.39 Å². The molecule has 0 spiro atoms. The van der Waals surface area contributed by atoms with E-state index in [4.69, 9.17) is 6.57 Å². The first-order valence-electron chi connectivity index (χ1n) is 4.90. The Morgan fingerprint density at radius 1 is 1.50 bits per heavy atom. The second-order valence-corrected chi connectivity index (χ2v) is 3.87. The average molecular weight is 189 g/mol. The van der Waals surface area contributed by atoms with Gasteiger partial charge in [-0.15, -0.1) is 0 Å². The fourth-order valence-corrected chi connectivity index (χ4v) is 1.70. The highest BCUT2D eigenvalue weighted by Gasteiger charge is 2.35. The summed E-state index contributed by atoms with van der Waals surface area (Å²) in [5.41, 5.74) is 0.943. The predicted octanol–water partition coefficient (Wildman–Crippen LogP) is 3.07. The van der Waals surface area contributed by atoms with Crippen molar-refractivity contribution in [1.29, 1.82) is 0 Å². The molecule has 2 rings (SSSR count). The van der Waals surface area contributed by atoms with E-state index in [2.05, 4.69) is 4.85 Å². The van der Waals surface area contributed by atoms with Gasteiger partial charge in [-0.05, 0) is 30.5 Å². The molecule has 1 unspecified atom stereocenters. The Hall–Kier alpha value is -1.36. The van der Waals surface area contributed by atoms with Gasteiger partial charge in [-0.1, -0.05) is 12.1 Å². The van der Waals surface area contributed by atoms with Crippen LogP contribution in [0.2, 0.25) is 0 Å². The molecule has 1 aliphatic rings. The van der Waals surface area contributed by atoms with Crippen LogP contribution >= 0.6 is 0 Å². The van der Waals surface area contributed by atoms with Gasteiger partial charge in [0, 0.05) is 12.3 Å². The maximum absolute atomic E-state index is 12.9. The molecular formula is C12H12FN. The first-order valence-corrected chi connectivity index (χ1v) is 4.90. The third-order valence-electron chi connectivity index (χ3n) is 2.67. The van der Waals surface area contributed by atoms with Crippen LogP contribution in [0.3, 0.4) is 0 Å². The molecule has 1 aliphatic carbocycles. The highest BCUT2D eigenvalue weighted by Crippen LogP contribution is 2.35. The van der Waals surface area contributed by atoms with E-state index in [1.807, 2.05) is 6.07 Å². The van der Waals surface area contributed by atoms with E-state index in [1.165, 1.54) is 25.0 Å². The van der Waals surface area contributed by atoms with Crippen molar-refractivity contribution in [2.45, 2.75) is 25.3 Å². The maximum atomic E-state index is 12.9. The lowest BCUT2D eigenvalue weighted by Crippen LogP contribution is -2.08. The third-order valence-corrected chi connectivity index (χ3v) is 2.67. The van der Waals surface area contributed by atoms with Gasteiger partial charge in [-0.25, -0.2) is 11.0 Å². The molecule has 2 heteroatoms. The molecule has 1 atom stereocenters. The molecule has 1 aromatic rings. The van der Waals surface area contributed by atoms with Crippen LogP contribution in [0.15, 0.2) is 24.3 Å². The second-order valence-electron chi connectivity index (χ2n) is 3.87. The van der Waals surface area contributed by atoms with Crippen LogP contribution in [0.5, 0.6) is 0 Å². The maximum Gasteiger partial charge on any atom is 0.230 e. The lowest BCUT2D eigenvalue weighted by atomic mass is 10.0. The third kappa shape index (κ3) is 2.11. The van der Waals surface area contributed by atoms with Crippen molar-refractivity contribution in [2.75, 3.05) is 0 Å². The second kappa shape index (κ2) is 3.79. The lowest BCUT2D eigenvalue weighted by Gasteiger charge is -2.03. The Labute approximate surface area is 83.4 Å². The van der Waals surface area contributed by atoms with Gasteiger partial charge in [0.2, 0.25) is 6.04 Å². The van der Waals surface area contributed by atoms with Gasteiger partial charge in [-0.2, -0.15) is 0 Å². The Morgan fingerprint density at radius 2 is 2.29 bits per heavy atom. The summed E-state index contributed by atoms with van der Waals surface area (Å²) in [5, 5.41) is 0. The van der Waals surface area contributed by atoms with Crippen molar-refractivity contribution >= 4 is 0 Å². The molecule has 0 heterocycles. The molecule has 1 aromatic carbocycles. The monoisotopic (exact) mass is 189 g/mol. The van der Waals surface area contributed by atoms with Gasteiger partial charge in [0.05, 0.1) is 0 Å². The molecule has 1 saturated carbocycles. The van der Waals surface area contributed by atoms with E-state index in [1.54, 1.807) is 6.07 Å². The standard InChI is InChI=1S/C12H12FN/c1-14-12(10-5-6-10)8-9-3-2-4-11(13)7-9/h2-4,7,10,12H,5-6,8H2. The minimum atomic E-state index is -0.206. The molecule has 0 bridgehead atoms. The first kappa shape index (κ1) is 9.21. The number of benzene rings is 1. The normalized spacial score (nSPS) is 17.4. The molecule has 1 fully saturated rings. The molecule has 0 amide bonds. The van der Waals surface area contributed by atoms with Crippen molar-refractivity contribution < 1.29 is 4.39 Å². The fraction of sp³-hybridized carbons (Fsp3) is 0.417. The number of hydrogen-bond acceptors (Lipinski definition) is 0. The highest BCUT2D eigenvalue weighted by molar-refractivity contribution is 5.19. The van der Waals surface area contributed by atoms with Gasteiger partial charge in [0.15, 0.2) is 0 Å². The highest BCUT2D eigenvalue weighted by atomic mass is 19.1. The summed E-state index contributed by atoms with van der Waals surface area (Å²) in [6, 6.07) is 6.63.